The SMILES string of the molecule is Cc1nc(C)n(C[C@@H]2CCCCN2CCn2cccn2)n1. The largest absolute Gasteiger partial charge is 0.297 e. The van der Waals surface area contributed by atoms with Crippen LogP contribution in [0.25, 0.3) is 0 Å². The van der Waals surface area contributed by atoms with Crippen molar-refractivity contribution in [1.29, 1.82) is 0 Å². The molecule has 1 fully saturated rings. The minimum Gasteiger partial charge on any atom is -0.297 e. The molecule has 0 N–H and O–H groups in total. The number of hydrogen-bond acceptors (Lipinski definition) is 4. The average molecular weight is 288 g/mol. The lowest BCUT2D eigenvalue weighted by molar-refractivity contribution is 0.123. The molecule has 0 aliphatic carbocycles. The van der Waals surface area contributed by atoms with Crippen LogP contribution in [0.15, 0.2) is 18.5 Å². The van der Waals surface area contributed by atoms with Gasteiger partial charge in [-0.1, -0.05) is 6.42 Å². The van der Waals surface area contributed by atoms with Gasteiger partial charge in [0.2, 0.25) is 0 Å². The molecule has 0 amide bonds. The van der Waals surface area contributed by atoms with Crippen LogP contribution in [0.4, 0.5) is 0 Å². The van der Waals surface area contributed by atoms with Crippen molar-refractivity contribution in [2.45, 2.75) is 52.2 Å². The van der Waals surface area contributed by atoms with Crippen molar-refractivity contribution >= 4 is 0 Å². The molecule has 2 aromatic rings. The first kappa shape index (κ1) is 14.3. The van der Waals surface area contributed by atoms with Crippen molar-refractivity contribution in [2.75, 3.05) is 13.1 Å². The molecule has 2 aromatic heterocycles. The van der Waals surface area contributed by atoms with E-state index in [1.54, 1.807) is 0 Å². The molecule has 114 valence electrons. The normalized spacial score (nSPS) is 20.0. The van der Waals surface area contributed by atoms with Crippen molar-refractivity contribution < 1.29 is 0 Å². The Morgan fingerprint density at radius 3 is 2.86 bits per heavy atom. The average Bonchev–Trinajstić information content (AvgIpc) is 3.08. The van der Waals surface area contributed by atoms with Crippen LogP contribution in [0.1, 0.15) is 30.9 Å². The Hall–Kier alpha value is -1.69. The fourth-order valence-corrected chi connectivity index (χ4v) is 3.16. The second-order valence-corrected chi connectivity index (χ2v) is 5.84. The summed E-state index contributed by atoms with van der Waals surface area (Å²) in [6.07, 6.45) is 7.73. The van der Waals surface area contributed by atoms with Crippen molar-refractivity contribution in [3.05, 3.63) is 30.1 Å². The molecule has 0 aromatic carbocycles. The van der Waals surface area contributed by atoms with Crippen LogP contribution in [0.3, 0.4) is 0 Å². The van der Waals surface area contributed by atoms with Crippen molar-refractivity contribution in [3.63, 3.8) is 0 Å². The lowest BCUT2D eigenvalue weighted by atomic mass is 10.0. The first-order valence-electron chi connectivity index (χ1n) is 7.82. The second kappa shape index (κ2) is 6.39. The summed E-state index contributed by atoms with van der Waals surface area (Å²) in [5.74, 6) is 1.89. The van der Waals surface area contributed by atoms with Gasteiger partial charge in [0.1, 0.15) is 11.6 Å². The van der Waals surface area contributed by atoms with Crippen LogP contribution in [0.5, 0.6) is 0 Å². The lowest BCUT2D eigenvalue weighted by Crippen LogP contribution is -2.44. The van der Waals surface area contributed by atoms with Gasteiger partial charge in [0.15, 0.2) is 0 Å². The summed E-state index contributed by atoms with van der Waals surface area (Å²) in [4.78, 5) is 6.99. The molecule has 0 bridgehead atoms. The molecule has 3 heterocycles. The van der Waals surface area contributed by atoms with Gasteiger partial charge in [0, 0.05) is 25.0 Å². The summed E-state index contributed by atoms with van der Waals surface area (Å²) in [6.45, 7) is 8.14. The summed E-state index contributed by atoms with van der Waals surface area (Å²) in [5.41, 5.74) is 0. The minimum atomic E-state index is 0.564. The molecule has 21 heavy (non-hydrogen) atoms. The smallest absolute Gasteiger partial charge is 0.147 e. The fourth-order valence-electron chi connectivity index (χ4n) is 3.16. The molecule has 0 saturated carbocycles. The number of rotatable bonds is 5. The number of aromatic nitrogens is 5. The summed E-state index contributed by atoms with van der Waals surface area (Å²) >= 11 is 0. The Bertz CT molecular complexity index is 559. The van der Waals surface area contributed by atoms with Gasteiger partial charge in [-0.25, -0.2) is 9.67 Å². The van der Waals surface area contributed by atoms with Crippen molar-refractivity contribution in [2.24, 2.45) is 0 Å². The van der Waals surface area contributed by atoms with Gasteiger partial charge in [-0.2, -0.15) is 10.2 Å². The highest BCUT2D eigenvalue weighted by Gasteiger charge is 2.23. The maximum absolute atomic E-state index is 4.51. The van der Waals surface area contributed by atoms with E-state index in [4.69, 9.17) is 0 Å². The van der Waals surface area contributed by atoms with E-state index in [2.05, 4.69) is 24.8 Å². The summed E-state index contributed by atoms with van der Waals surface area (Å²) < 4.78 is 4.07. The van der Waals surface area contributed by atoms with Gasteiger partial charge in [-0.05, 0) is 39.3 Å². The molecule has 1 atom stereocenters. The number of likely N-dealkylation sites (tertiary alicyclic amines) is 1. The van der Waals surface area contributed by atoms with E-state index >= 15 is 0 Å². The molecule has 1 aliphatic rings. The molecular formula is C15H24N6. The van der Waals surface area contributed by atoms with Crippen molar-refractivity contribution in [3.8, 4) is 0 Å². The molecule has 1 aliphatic heterocycles. The highest BCUT2D eigenvalue weighted by Crippen LogP contribution is 2.18. The minimum absolute atomic E-state index is 0.564. The number of hydrogen-bond donors (Lipinski definition) is 0. The molecule has 3 rings (SSSR count). The molecule has 0 radical (unpaired) electrons. The van der Waals surface area contributed by atoms with E-state index in [1.165, 1.54) is 25.8 Å². The van der Waals surface area contributed by atoms with E-state index in [9.17, 15) is 0 Å². The quantitative estimate of drug-likeness (QED) is 0.839. The Balaban J connectivity index is 1.62. The van der Waals surface area contributed by atoms with Crippen LogP contribution in [0.2, 0.25) is 0 Å². The second-order valence-electron chi connectivity index (χ2n) is 5.84. The van der Waals surface area contributed by atoms with Crippen LogP contribution >= 0.6 is 0 Å². The van der Waals surface area contributed by atoms with E-state index in [0.717, 1.165) is 31.3 Å². The zero-order valence-electron chi connectivity index (χ0n) is 12.9. The third-order valence-electron chi connectivity index (χ3n) is 4.27. The third-order valence-corrected chi connectivity index (χ3v) is 4.27. The van der Waals surface area contributed by atoms with Crippen LogP contribution in [0, 0.1) is 13.8 Å². The predicted molar refractivity (Wildman–Crippen MR) is 80.9 cm³/mol. The Labute approximate surface area is 125 Å². The Morgan fingerprint density at radius 1 is 1.24 bits per heavy atom. The molecular weight excluding hydrogens is 264 g/mol. The predicted octanol–water partition coefficient (Wildman–Crippen LogP) is 1.65. The number of aryl methyl sites for hydroxylation is 2. The van der Waals surface area contributed by atoms with Gasteiger partial charge >= 0.3 is 0 Å². The summed E-state index contributed by atoms with van der Waals surface area (Å²) in [5, 5.41) is 8.80. The summed E-state index contributed by atoms with van der Waals surface area (Å²) in [6, 6.07) is 2.55. The van der Waals surface area contributed by atoms with Gasteiger partial charge in [0.25, 0.3) is 0 Å². The molecule has 0 spiro atoms. The molecule has 6 heteroatoms. The summed E-state index contributed by atoms with van der Waals surface area (Å²) in [7, 11) is 0. The van der Waals surface area contributed by atoms with E-state index < -0.39 is 0 Å². The zero-order chi connectivity index (χ0) is 14.7. The van der Waals surface area contributed by atoms with Gasteiger partial charge in [-0.15, -0.1) is 0 Å². The standard InChI is InChI=1S/C15H24N6/c1-13-17-14(2)21(18-13)12-15-6-3-4-8-19(15)10-11-20-9-5-7-16-20/h5,7,9,15H,3-4,6,8,10-12H2,1-2H3/t15-/m0/s1. The number of nitrogens with zero attached hydrogens (tertiary/aromatic N) is 6. The zero-order valence-corrected chi connectivity index (χ0v) is 12.9. The van der Waals surface area contributed by atoms with Crippen LogP contribution < -0.4 is 0 Å². The highest BCUT2D eigenvalue weighted by molar-refractivity contribution is 4.89. The molecule has 6 nitrogen and oxygen atoms in total. The molecule has 0 unspecified atom stereocenters. The van der Waals surface area contributed by atoms with Crippen LogP contribution in [-0.4, -0.2) is 48.6 Å². The number of piperidine rings is 1. The van der Waals surface area contributed by atoms with E-state index in [1.807, 2.05) is 37.0 Å². The highest BCUT2D eigenvalue weighted by atomic mass is 15.4. The molecule has 1 saturated heterocycles. The fraction of sp³-hybridized carbons (Fsp3) is 0.667. The van der Waals surface area contributed by atoms with Crippen molar-refractivity contribution in [1.82, 2.24) is 29.4 Å². The van der Waals surface area contributed by atoms with E-state index in [0.29, 0.717) is 6.04 Å². The van der Waals surface area contributed by atoms with Gasteiger partial charge < -0.3 is 0 Å². The van der Waals surface area contributed by atoms with E-state index in [-0.39, 0.29) is 0 Å². The Morgan fingerprint density at radius 2 is 2.14 bits per heavy atom. The van der Waals surface area contributed by atoms with Gasteiger partial charge in [-0.3, -0.25) is 9.58 Å². The Kier molecular flexibility index (Phi) is 4.34. The lowest BCUT2D eigenvalue weighted by Gasteiger charge is -2.35. The maximum Gasteiger partial charge on any atom is 0.147 e. The maximum atomic E-state index is 4.51. The monoisotopic (exact) mass is 288 g/mol. The topological polar surface area (TPSA) is 51.8 Å². The first-order chi connectivity index (χ1) is 10.2. The third kappa shape index (κ3) is 3.50. The van der Waals surface area contributed by atoms with Crippen LogP contribution in [-0.2, 0) is 13.1 Å². The van der Waals surface area contributed by atoms with Gasteiger partial charge in [0.05, 0.1) is 13.1 Å². The first-order valence-corrected chi connectivity index (χ1v) is 7.82.